The van der Waals surface area contributed by atoms with Gasteiger partial charge in [0.2, 0.25) is 0 Å². The number of H-pyrrole nitrogens is 2. The third kappa shape index (κ3) is 1.38. The van der Waals surface area contributed by atoms with Gasteiger partial charge in [-0.2, -0.15) is 0 Å². The third-order valence-corrected chi connectivity index (χ3v) is 2.89. The molecule has 4 heteroatoms. The Balaban J connectivity index is 2.54. The van der Waals surface area contributed by atoms with Gasteiger partial charge in [-0.15, -0.1) is 0 Å². The normalized spacial score (nSPS) is 11.1. The first-order chi connectivity index (χ1) is 8.16. The van der Waals surface area contributed by atoms with E-state index < -0.39 is 0 Å². The highest BCUT2D eigenvalue weighted by Gasteiger charge is 2.10. The number of fused-ring (bicyclic) bond motifs is 3. The van der Waals surface area contributed by atoms with Crippen LogP contribution >= 0.6 is 0 Å². The summed E-state index contributed by atoms with van der Waals surface area (Å²) in [6.45, 7) is 1.51. The highest BCUT2D eigenvalue weighted by Crippen LogP contribution is 2.25. The molecule has 3 aromatic rings. The van der Waals surface area contributed by atoms with Gasteiger partial charge in [-0.25, -0.2) is 0 Å². The van der Waals surface area contributed by atoms with Gasteiger partial charge < -0.3 is 9.97 Å². The average molecular weight is 226 g/mol. The average Bonchev–Trinajstić information content (AvgIpc) is 2.65. The zero-order valence-electron chi connectivity index (χ0n) is 9.20. The van der Waals surface area contributed by atoms with Gasteiger partial charge in [-0.05, 0) is 18.2 Å². The number of aromatic nitrogens is 2. The van der Waals surface area contributed by atoms with Crippen LogP contribution in [0.4, 0.5) is 0 Å². The van der Waals surface area contributed by atoms with Gasteiger partial charge in [0.1, 0.15) is 5.69 Å². The van der Waals surface area contributed by atoms with Crippen molar-refractivity contribution in [1.82, 2.24) is 9.97 Å². The predicted molar refractivity (Wildman–Crippen MR) is 66.4 cm³/mol. The molecule has 84 valence electrons. The lowest BCUT2D eigenvalue weighted by molar-refractivity contribution is 0.101. The molecule has 0 atom stereocenters. The van der Waals surface area contributed by atoms with Crippen LogP contribution in [0.25, 0.3) is 21.8 Å². The Bertz CT molecular complexity index is 796. The molecule has 0 unspecified atom stereocenters. The number of aromatic amines is 2. The first-order valence-electron chi connectivity index (χ1n) is 5.31. The Morgan fingerprint density at radius 3 is 2.76 bits per heavy atom. The zero-order valence-corrected chi connectivity index (χ0v) is 9.20. The minimum Gasteiger partial charge on any atom is -0.357 e. The largest absolute Gasteiger partial charge is 0.357 e. The molecule has 3 rings (SSSR count). The van der Waals surface area contributed by atoms with Crippen LogP contribution < -0.4 is 5.43 Å². The number of benzene rings is 1. The summed E-state index contributed by atoms with van der Waals surface area (Å²) in [6, 6.07) is 6.74. The molecule has 17 heavy (non-hydrogen) atoms. The molecule has 0 bridgehead atoms. The monoisotopic (exact) mass is 226 g/mol. The summed E-state index contributed by atoms with van der Waals surface area (Å²) in [7, 11) is 0. The maximum Gasteiger partial charge on any atom is 0.180 e. The van der Waals surface area contributed by atoms with Gasteiger partial charge >= 0.3 is 0 Å². The van der Waals surface area contributed by atoms with Crippen molar-refractivity contribution in [3.63, 3.8) is 0 Å². The molecule has 0 spiro atoms. The number of carbonyl (C=O) groups excluding carboxylic acids is 1. The minimum absolute atomic E-state index is 0.0375. The lowest BCUT2D eigenvalue weighted by Crippen LogP contribution is -1.96. The lowest BCUT2D eigenvalue weighted by atomic mass is 10.1. The summed E-state index contributed by atoms with van der Waals surface area (Å²) in [5, 5.41) is 1.90. The van der Waals surface area contributed by atoms with E-state index in [1.807, 2.05) is 6.07 Å². The van der Waals surface area contributed by atoms with Crippen LogP contribution in [0.15, 0.2) is 35.3 Å². The molecule has 0 aliphatic carbocycles. The van der Waals surface area contributed by atoms with Crippen molar-refractivity contribution in [1.29, 1.82) is 0 Å². The maximum atomic E-state index is 11.5. The van der Waals surface area contributed by atoms with Crippen molar-refractivity contribution >= 4 is 27.6 Å². The number of rotatable bonds is 1. The molecule has 1 aromatic carbocycles. The van der Waals surface area contributed by atoms with E-state index in [2.05, 4.69) is 9.97 Å². The van der Waals surface area contributed by atoms with Crippen LogP contribution in [0.1, 0.15) is 17.4 Å². The molecular weight excluding hydrogens is 216 g/mol. The number of carbonyl (C=O) groups is 1. The fraction of sp³-hybridized carbons (Fsp3) is 0.0769. The van der Waals surface area contributed by atoms with Crippen LogP contribution in [0.3, 0.4) is 0 Å². The number of Topliss-reactive ketones (excluding diaryl/α,β-unsaturated/α-hetero) is 1. The van der Waals surface area contributed by atoms with Gasteiger partial charge in [0.25, 0.3) is 0 Å². The zero-order chi connectivity index (χ0) is 12.0. The molecule has 0 saturated heterocycles. The lowest BCUT2D eigenvalue weighted by Gasteiger charge is -1.98. The predicted octanol–water partition coefficient (Wildman–Crippen LogP) is 2.21. The van der Waals surface area contributed by atoms with Gasteiger partial charge in [-0.1, -0.05) is 0 Å². The van der Waals surface area contributed by atoms with E-state index in [1.54, 1.807) is 18.3 Å². The molecule has 0 amide bonds. The van der Waals surface area contributed by atoms with Gasteiger partial charge in [0.05, 0.1) is 11.0 Å². The first-order valence-corrected chi connectivity index (χ1v) is 5.31. The van der Waals surface area contributed by atoms with Gasteiger partial charge in [-0.3, -0.25) is 9.59 Å². The smallest absolute Gasteiger partial charge is 0.180 e. The fourth-order valence-electron chi connectivity index (χ4n) is 2.13. The number of hydrogen-bond acceptors (Lipinski definition) is 2. The molecule has 2 N–H and O–H groups in total. The first kappa shape index (κ1) is 9.84. The second kappa shape index (κ2) is 3.31. The fourth-order valence-corrected chi connectivity index (χ4v) is 2.13. The Kier molecular flexibility index (Phi) is 1.92. The number of pyridine rings is 1. The molecule has 2 aromatic heterocycles. The Hall–Kier alpha value is -2.36. The molecule has 0 saturated carbocycles. The number of hydrogen-bond donors (Lipinski definition) is 2. The van der Waals surface area contributed by atoms with Gasteiger partial charge in [0, 0.05) is 30.0 Å². The van der Waals surface area contributed by atoms with Crippen LogP contribution in [-0.4, -0.2) is 15.8 Å². The summed E-state index contributed by atoms with van der Waals surface area (Å²) >= 11 is 0. The summed E-state index contributed by atoms with van der Waals surface area (Å²) in [5.41, 5.74) is 2.00. The second-order valence-electron chi connectivity index (χ2n) is 4.03. The van der Waals surface area contributed by atoms with Gasteiger partial charge in [0.15, 0.2) is 11.2 Å². The molecule has 0 radical (unpaired) electrons. The highest BCUT2D eigenvalue weighted by atomic mass is 16.1. The molecule has 0 fully saturated rings. The second-order valence-corrected chi connectivity index (χ2v) is 4.03. The molecule has 0 aliphatic rings. The van der Waals surface area contributed by atoms with Crippen molar-refractivity contribution in [2.45, 2.75) is 6.92 Å². The minimum atomic E-state index is -0.0441. The molecular formula is C13H10N2O2. The van der Waals surface area contributed by atoms with Crippen molar-refractivity contribution in [3.05, 3.63) is 46.4 Å². The summed E-state index contributed by atoms with van der Waals surface area (Å²) in [4.78, 5) is 28.8. The molecule has 0 aliphatic heterocycles. The van der Waals surface area contributed by atoms with Crippen LogP contribution in [0.2, 0.25) is 0 Å². The van der Waals surface area contributed by atoms with E-state index in [4.69, 9.17) is 0 Å². The Morgan fingerprint density at radius 2 is 2.00 bits per heavy atom. The van der Waals surface area contributed by atoms with E-state index in [0.29, 0.717) is 5.69 Å². The third-order valence-electron chi connectivity index (χ3n) is 2.89. The van der Waals surface area contributed by atoms with Crippen molar-refractivity contribution in [2.24, 2.45) is 0 Å². The summed E-state index contributed by atoms with van der Waals surface area (Å²) in [6.07, 6.45) is 1.73. The number of ketones is 1. The van der Waals surface area contributed by atoms with E-state index in [1.165, 1.54) is 13.0 Å². The Morgan fingerprint density at radius 1 is 1.18 bits per heavy atom. The van der Waals surface area contributed by atoms with Crippen molar-refractivity contribution in [2.75, 3.05) is 0 Å². The number of nitrogens with one attached hydrogen (secondary N) is 2. The van der Waals surface area contributed by atoms with Crippen LogP contribution in [0.5, 0.6) is 0 Å². The summed E-state index contributed by atoms with van der Waals surface area (Å²) in [5.74, 6) is -0.0375. The standard InChI is InChI=1S/C13H10N2O2/c1-7(16)12-13-10(4-5-14-12)9-3-2-8(17)6-11(9)15-13/h2-6,14-15H,1H3. The topological polar surface area (TPSA) is 65.7 Å². The highest BCUT2D eigenvalue weighted by molar-refractivity contribution is 6.13. The molecule has 2 heterocycles. The SMILES string of the molecule is CC(=O)c1[nH]ccc2c1[nH]c1cc(=O)ccc12. The Labute approximate surface area is 96.3 Å². The van der Waals surface area contributed by atoms with E-state index in [0.717, 1.165) is 21.8 Å². The summed E-state index contributed by atoms with van der Waals surface area (Å²) < 4.78 is 0. The quantitative estimate of drug-likeness (QED) is 0.625. The van der Waals surface area contributed by atoms with Crippen molar-refractivity contribution in [3.8, 4) is 0 Å². The maximum absolute atomic E-state index is 11.5. The van der Waals surface area contributed by atoms with E-state index in [9.17, 15) is 9.59 Å². The van der Waals surface area contributed by atoms with Crippen LogP contribution in [0, 0.1) is 0 Å². The van der Waals surface area contributed by atoms with E-state index >= 15 is 0 Å². The van der Waals surface area contributed by atoms with Crippen molar-refractivity contribution < 1.29 is 4.79 Å². The molecule has 4 nitrogen and oxygen atoms in total. The van der Waals surface area contributed by atoms with Crippen LogP contribution in [-0.2, 0) is 0 Å². The van der Waals surface area contributed by atoms with E-state index in [-0.39, 0.29) is 11.2 Å².